The first-order valence-corrected chi connectivity index (χ1v) is 5.79. The van der Waals surface area contributed by atoms with Gasteiger partial charge in [-0.25, -0.2) is 0 Å². The van der Waals surface area contributed by atoms with Crippen LogP contribution in [0.3, 0.4) is 0 Å². The van der Waals surface area contributed by atoms with Gasteiger partial charge in [0, 0.05) is 18.8 Å². The van der Waals surface area contributed by atoms with Crippen LogP contribution in [0.5, 0.6) is 5.75 Å². The summed E-state index contributed by atoms with van der Waals surface area (Å²) in [5, 5.41) is 12.7. The molecule has 17 heavy (non-hydrogen) atoms. The molecule has 1 aromatic heterocycles. The first-order valence-electron chi connectivity index (χ1n) is 5.79. The maximum atomic E-state index is 9.56. The predicted octanol–water partition coefficient (Wildman–Crippen LogP) is 1.78. The third-order valence-electron chi connectivity index (χ3n) is 2.27. The molecule has 4 heteroatoms. The number of aryl methyl sites for hydroxylation is 1. The minimum absolute atomic E-state index is 0.232. The largest absolute Gasteiger partial charge is 0.506 e. The summed E-state index contributed by atoms with van der Waals surface area (Å²) < 4.78 is 5.35. The highest BCUT2D eigenvalue weighted by Crippen LogP contribution is 2.13. The number of hydrogen-bond acceptors (Lipinski definition) is 4. The second kappa shape index (κ2) is 7.81. The van der Waals surface area contributed by atoms with E-state index in [-0.39, 0.29) is 5.75 Å². The molecule has 0 radical (unpaired) electrons. The van der Waals surface area contributed by atoms with Gasteiger partial charge in [-0.2, -0.15) is 0 Å². The van der Waals surface area contributed by atoms with Gasteiger partial charge in [-0.05, 0) is 25.5 Å². The van der Waals surface area contributed by atoms with Gasteiger partial charge >= 0.3 is 0 Å². The van der Waals surface area contributed by atoms with Gasteiger partial charge in [0.1, 0.15) is 5.75 Å². The molecule has 1 rings (SSSR count). The third-order valence-corrected chi connectivity index (χ3v) is 2.27. The summed E-state index contributed by atoms with van der Waals surface area (Å²) in [7, 11) is 0. The van der Waals surface area contributed by atoms with Crippen molar-refractivity contribution in [1.82, 2.24) is 10.3 Å². The van der Waals surface area contributed by atoms with E-state index < -0.39 is 0 Å². The van der Waals surface area contributed by atoms with Crippen molar-refractivity contribution >= 4 is 0 Å². The Balaban J connectivity index is 2.17. The highest BCUT2D eigenvalue weighted by Gasteiger charge is 2.01. The number of aromatic hydroxyl groups is 1. The van der Waals surface area contributed by atoms with Gasteiger partial charge in [0.15, 0.2) is 0 Å². The molecule has 0 aliphatic heterocycles. The smallest absolute Gasteiger partial charge is 0.138 e. The van der Waals surface area contributed by atoms with Crippen LogP contribution in [0, 0.1) is 6.92 Å². The average Bonchev–Trinajstić information content (AvgIpc) is 2.32. The second-order valence-corrected chi connectivity index (χ2v) is 3.78. The van der Waals surface area contributed by atoms with Crippen LogP contribution in [-0.4, -0.2) is 29.8 Å². The number of rotatable bonds is 8. The van der Waals surface area contributed by atoms with Crippen LogP contribution in [0.15, 0.2) is 24.8 Å². The van der Waals surface area contributed by atoms with Crippen LogP contribution in [0.1, 0.15) is 17.8 Å². The minimum Gasteiger partial charge on any atom is -0.506 e. The lowest BCUT2D eigenvalue weighted by Crippen LogP contribution is -2.20. The van der Waals surface area contributed by atoms with Crippen molar-refractivity contribution < 1.29 is 9.84 Å². The van der Waals surface area contributed by atoms with Crippen LogP contribution < -0.4 is 5.32 Å². The summed E-state index contributed by atoms with van der Waals surface area (Å²) in [6, 6.07) is 3.46. The highest BCUT2D eigenvalue weighted by molar-refractivity contribution is 5.27. The number of aromatic nitrogens is 1. The Labute approximate surface area is 102 Å². The average molecular weight is 236 g/mol. The van der Waals surface area contributed by atoms with Gasteiger partial charge in [-0.3, -0.25) is 4.98 Å². The number of nitrogens with one attached hydrogen (secondary N) is 1. The summed E-state index contributed by atoms with van der Waals surface area (Å²) in [6.07, 6.45) is 2.71. The van der Waals surface area contributed by atoms with Crippen molar-refractivity contribution in [3.8, 4) is 5.75 Å². The van der Waals surface area contributed by atoms with Gasteiger partial charge in [0.2, 0.25) is 0 Å². The van der Waals surface area contributed by atoms with Crippen LogP contribution in [0.25, 0.3) is 0 Å². The summed E-state index contributed by atoms with van der Waals surface area (Å²) in [5.74, 6) is 0.232. The van der Waals surface area contributed by atoms with E-state index in [1.807, 2.05) is 13.0 Å². The Kier molecular flexibility index (Phi) is 6.29. The SMILES string of the molecule is C=CCCOCCNCc1nc(C)ccc1O. The molecule has 0 aromatic carbocycles. The van der Waals surface area contributed by atoms with Crippen molar-refractivity contribution in [2.45, 2.75) is 19.9 Å². The molecule has 0 saturated heterocycles. The fourth-order valence-corrected chi connectivity index (χ4v) is 1.35. The summed E-state index contributed by atoms with van der Waals surface area (Å²) in [5.41, 5.74) is 1.58. The topological polar surface area (TPSA) is 54.4 Å². The normalized spacial score (nSPS) is 10.4. The first-order chi connectivity index (χ1) is 8.24. The molecule has 0 unspecified atom stereocenters. The summed E-state index contributed by atoms with van der Waals surface area (Å²) in [6.45, 7) is 8.18. The lowest BCUT2D eigenvalue weighted by molar-refractivity contribution is 0.140. The molecule has 0 saturated carbocycles. The molecule has 1 heterocycles. The van der Waals surface area contributed by atoms with E-state index in [9.17, 15) is 5.11 Å². The summed E-state index contributed by atoms with van der Waals surface area (Å²) in [4.78, 5) is 4.25. The fraction of sp³-hybridized carbons (Fsp3) is 0.462. The predicted molar refractivity (Wildman–Crippen MR) is 68.0 cm³/mol. The van der Waals surface area contributed by atoms with Crippen LogP contribution in [-0.2, 0) is 11.3 Å². The van der Waals surface area contributed by atoms with Crippen LogP contribution in [0.4, 0.5) is 0 Å². The van der Waals surface area contributed by atoms with E-state index in [4.69, 9.17) is 4.74 Å². The zero-order valence-electron chi connectivity index (χ0n) is 10.3. The highest BCUT2D eigenvalue weighted by atomic mass is 16.5. The van der Waals surface area contributed by atoms with Gasteiger partial charge < -0.3 is 15.2 Å². The molecule has 4 nitrogen and oxygen atoms in total. The van der Waals surface area contributed by atoms with Gasteiger partial charge in [0.25, 0.3) is 0 Å². The Morgan fingerprint density at radius 3 is 3.06 bits per heavy atom. The monoisotopic (exact) mass is 236 g/mol. The molecule has 0 fully saturated rings. The molecule has 94 valence electrons. The van der Waals surface area contributed by atoms with Crippen molar-refractivity contribution in [3.05, 3.63) is 36.2 Å². The molecule has 2 N–H and O–H groups in total. The molecule has 0 amide bonds. The molecular formula is C13H20N2O2. The number of nitrogens with zero attached hydrogens (tertiary/aromatic N) is 1. The fourth-order valence-electron chi connectivity index (χ4n) is 1.35. The Bertz CT molecular complexity index is 353. The Morgan fingerprint density at radius 1 is 1.47 bits per heavy atom. The number of pyridine rings is 1. The van der Waals surface area contributed by atoms with E-state index in [2.05, 4.69) is 16.9 Å². The van der Waals surface area contributed by atoms with Gasteiger partial charge in [-0.1, -0.05) is 6.08 Å². The quantitative estimate of drug-likeness (QED) is 0.533. The van der Waals surface area contributed by atoms with E-state index in [0.717, 1.165) is 18.7 Å². The zero-order chi connectivity index (χ0) is 12.5. The number of ether oxygens (including phenoxy) is 1. The van der Waals surface area contributed by atoms with E-state index in [0.29, 0.717) is 25.5 Å². The summed E-state index contributed by atoms with van der Waals surface area (Å²) >= 11 is 0. The van der Waals surface area contributed by atoms with Crippen LogP contribution in [0.2, 0.25) is 0 Å². The Morgan fingerprint density at radius 2 is 2.29 bits per heavy atom. The van der Waals surface area contributed by atoms with Gasteiger partial charge in [0.05, 0.1) is 18.9 Å². The molecule has 0 bridgehead atoms. The first kappa shape index (κ1) is 13.7. The van der Waals surface area contributed by atoms with Crippen molar-refractivity contribution in [2.75, 3.05) is 19.8 Å². The van der Waals surface area contributed by atoms with E-state index in [1.165, 1.54) is 0 Å². The maximum absolute atomic E-state index is 9.56. The standard InChI is InChI=1S/C13H20N2O2/c1-3-4-8-17-9-7-14-10-12-13(16)6-5-11(2)15-12/h3,5-6,14,16H,1,4,7-10H2,2H3. The molecule has 0 aliphatic carbocycles. The van der Waals surface area contributed by atoms with Crippen LogP contribution >= 0.6 is 0 Å². The second-order valence-electron chi connectivity index (χ2n) is 3.78. The van der Waals surface area contributed by atoms with E-state index >= 15 is 0 Å². The Hall–Kier alpha value is -1.39. The minimum atomic E-state index is 0.232. The lowest BCUT2D eigenvalue weighted by Gasteiger charge is -2.07. The van der Waals surface area contributed by atoms with E-state index in [1.54, 1.807) is 12.1 Å². The van der Waals surface area contributed by atoms with Crippen molar-refractivity contribution in [1.29, 1.82) is 0 Å². The molecule has 0 spiro atoms. The van der Waals surface area contributed by atoms with Crippen molar-refractivity contribution in [2.24, 2.45) is 0 Å². The third kappa shape index (κ3) is 5.47. The molecule has 0 aliphatic rings. The molecule has 0 atom stereocenters. The lowest BCUT2D eigenvalue weighted by atomic mass is 10.3. The maximum Gasteiger partial charge on any atom is 0.138 e. The number of hydrogen-bond donors (Lipinski definition) is 2. The van der Waals surface area contributed by atoms with Crippen molar-refractivity contribution in [3.63, 3.8) is 0 Å². The molecule has 1 aromatic rings. The molecular weight excluding hydrogens is 216 g/mol. The van der Waals surface area contributed by atoms with Gasteiger partial charge in [-0.15, -0.1) is 6.58 Å². The zero-order valence-corrected chi connectivity index (χ0v) is 10.3.